The molecule has 0 aromatic rings. The molecule has 1 saturated carbocycles. The van der Waals surface area contributed by atoms with Crippen molar-refractivity contribution in [1.82, 2.24) is 10.2 Å². The van der Waals surface area contributed by atoms with Gasteiger partial charge in [0.05, 0.1) is 0 Å². The first-order valence-electron chi connectivity index (χ1n) is 8.26. The summed E-state index contributed by atoms with van der Waals surface area (Å²) in [5.74, 6) is 1.14. The minimum absolute atomic E-state index is 0.440. The zero-order chi connectivity index (χ0) is 13.1. The topological polar surface area (TPSA) is 32.3 Å². The fourth-order valence-electron chi connectivity index (χ4n) is 4.28. The van der Waals surface area contributed by atoms with E-state index in [4.69, 9.17) is 0 Å². The maximum Gasteiger partial charge on any atom is 0.222 e. The van der Waals surface area contributed by atoms with Gasteiger partial charge in [0.1, 0.15) is 0 Å². The van der Waals surface area contributed by atoms with Crippen LogP contribution >= 0.6 is 0 Å². The molecule has 3 heteroatoms. The summed E-state index contributed by atoms with van der Waals surface area (Å²) in [6.45, 7) is 4.39. The molecule has 3 aliphatic rings. The third-order valence-electron chi connectivity index (χ3n) is 5.78. The van der Waals surface area contributed by atoms with Gasteiger partial charge in [-0.3, -0.25) is 4.79 Å². The molecule has 2 aliphatic heterocycles. The predicted molar refractivity (Wildman–Crippen MR) is 76.9 cm³/mol. The molecule has 1 aliphatic carbocycles. The molecule has 0 aromatic carbocycles. The third-order valence-corrected chi connectivity index (χ3v) is 5.78. The molecule has 2 saturated heterocycles. The van der Waals surface area contributed by atoms with Gasteiger partial charge in [0.25, 0.3) is 0 Å². The summed E-state index contributed by atoms with van der Waals surface area (Å²) < 4.78 is 0. The average Bonchev–Trinajstić information content (AvgIpc) is 2.93. The fraction of sp³-hybridized carbons (Fsp3) is 0.938. The molecule has 1 N–H and O–H groups in total. The average molecular weight is 264 g/mol. The van der Waals surface area contributed by atoms with Crippen molar-refractivity contribution >= 4 is 5.91 Å². The first-order chi connectivity index (χ1) is 9.27. The zero-order valence-electron chi connectivity index (χ0n) is 12.1. The van der Waals surface area contributed by atoms with Crippen molar-refractivity contribution in [3.05, 3.63) is 0 Å². The van der Waals surface area contributed by atoms with E-state index in [9.17, 15) is 4.79 Å². The van der Waals surface area contributed by atoms with Crippen LogP contribution in [-0.4, -0.2) is 37.0 Å². The molecule has 3 fully saturated rings. The van der Waals surface area contributed by atoms with E-state index >= 15 is 0 Å². The largest absolute Gasteiger partial charge is 0.343 e. The van der Waals surface area contributed by atoms with Crippen LogP contribution in [-0.2, 0) is 4.79 Å². The molecule has 1 amide bonds. The summed E-state index contributed by atoms with van der Waals surface area (Å²) >= 11 is 0. The lowest BCUT2D eigenvalue weighted by molar-refractivity contribution is -0.134. The highest BCUT2D eigenvalue weighted by atomic mass is 16.2. The van der Waals surface area contributed by atoms with Crippen LogP contribution in [0.15, 0.2) is 0 Å². The molecule has 0 bridgehead atoms. The SMILES string of the molecule is O=C(CC1CCCC1)N1CCC2(CCNCC2)CC1. The van der Waals surface area contributed by atoms with Gasteiger partial charge in [-0.2, -0.15) is 0 Å². The van der Waals surface area contributed by atoms with Crippen LogP contribution in [0.1, 0.15) is 57.8 Å². The predicted octanol–water partition coefficient (Wildman–Crippen LogP) is 2.56. The number of hydrogen-bond donors (Lipinski definition) is 1. The third kappa shape index (κ3) is 3.13. The van der Waals surface area contributed by atoms with Crippen LogP contribution in [0.2, 0.25) is 0 Å². The van der Waals surface area contributed by atoms with Crippen molar-refractivity contribution < 1.29 is 4.79 Å². The van der Waals surface area contributed by atoms with Crippen LogP contribution in [0.25, 0.3) is 0 Å². The molecule has 108 valence electrons. The van der Waals surface area contributed by atoms with Crippen molar-refractivity contribution in [2.45, 2.75) is 57.8 Å². The molecule has 3 rings (SSSR count). The Morgan fingerprint density at radius 3 is 2.32 bits per heavy atom. The Labute approximate surface area is 117 Å². The Bertz CT molecular complexity index is 307. The number of nitrogens with one attached hydrogen (secondary N) is 1. The second-order valence-electron chi connectivity index (χ2n) is 6.99. The second kappa shape index (κ2) is 5.82. The highest BCUT2D eigenvalue weighted by Gasteiger charge is 2.36. The van der Waals surface area contributed by atoms with Crippen molar-refractivity contribution in [3.63, 3.8) is 0 Å². The molecule has 0 radical (unpaired) electrons. The van der Waals surface area contributed by atoms with Gasteiger partial charge < -0.3 is 10.2 Å². The number of hydrogen-bond acceptors (Lipinski definition) is 2. The van der Waals surface area contributed by atoms with Crippen molar-refractivity contribution in [3.8, 4) is 0 Å². The normalized spacial score (nSPS) is 27.9. The van der Waals surface area contributed by atoms with E-state index in [0.717, 1.165) is 19.5 Å². The number of nitrogens with zero attached hydrogens (tertiary/aromatic N) is 1. The number of likely N-dealkylation sites (tertiary alicyclic amines) is 1. The highest BCUT2D eigenvalue weighted by molar-refractivity contribution is 5.76. The van der Waals surface area contributed by atoms with Gasteiger partial charge in [-0.15, -0.1) is 0 Å². The van der Waals surface area contributed by atoms with Gasteiger partial charge >= 0.3 is 0 Å². The molecule has 0 unspecified atom stereocenters. The zero-order valence-corrected chi connectivity index (χ0v) is 12.1. The minimum Gasteiger partial charge on any atom is -0.343 e. The summed E-state index contributed by atoms with van der Waals surface area (Å²) in [6, 6.07) is 0. The Hall–Kier alpha value is -0.570. The second-order valence-corrected chi connectivity index (χ2v) is 6.99. The van der Waals surface area contributed by atoms with Gasteiger partial charge in [-0.05, 0) is 62.9 Å². The van der Waals surface area contributed by atoms with Gasteiger partial charge in [-0.1, -0.05) is 12.8 Å². The minimum atomic E-state index is 0.440. The molecule has 0 atom stereocenters. The van der Waals surface area contributed by atoms with Crippen LogP contribution in [0.5, 0.6) is 0 Å². The number of amides is 1. The lowest BCUT2D eigenvalue weighted by atomic mass is 9.71. The Morgan fingerprint density at radius 1 is 1.05 bits per heavy atom. The first kappa shape index (κ1) is 13.4. The molecule has 2 heterocycles. The smallest absolute Gasteiger partial charge is 0.222 e. The standard InChI is InChI=1S/C16H28N2O/c19-15(13-14-3-1-2-4-14)18-11-7-16(8-12-18)5-9-17-10-6-16/h14,17H,1-13H2. The number of carbonyl (C=O) groups excluding carboxylic acids is 1. The van der Waals surface area contributed by atoms with E-state index in [1.165, 1.54) is 64.5 Å². The van der Waals surface area contributed by atoms with E-state index in [-0.39, 0.29) is 0 Å². The van der Waals surface area contributed by atoms with Crippen molar-refractivity contribution in [2.75, 3.05) is 26.2 Å². The van der Waals surface area contributed by atoms with E-state index in [2.05, 4.69) is 10.2 Å². The van der Waals surface area contributed by atoms with Crippen LogP contribution < -0.4 is 5.32 Å². The van der Waals surface area contributed by atoms with E-state index < -0.39 is 0 Å². The van der Waals surface area contributed by atoms with Crippen molar-refractivity contribution in [1.29, 1.82) is 0 Å². The van der Waals surface area contributed by atoms with E-state index in [0.29, 0.717) is 17.2 Å². The number of piperidine rings is 2. The van der Waals surface area contributed by atoms with Crippen LogP contribution in [0.3, 0.4) is 0 Å². The quantitative estimate of drug-likeness (QED) is 0.831. The fourth-order valence-corrected chi connectivity index (χ4v) is 4.28. The lowest BCUT2D eigenvalue weighted by Gasteiger charge is -2.44. The molecular weight excluding hydrogens is 236 g/mol. The maximum atomic E-state index is 12.3. The Balaban J connectivity index is 1.47. The number of carbonyl (C=O) groups is 1. The molecule has 0 aromatic heterocycles. The molecular formula is C16H28N2O. The molecule has 19 heavy (non-hydrogen) atoms. The summed E-state index contributed by atoms with van der Waals surface area (Å²) in [7, 11) is 0. The van der Waals surface area contributed by atoms with Gasteiger partial charge in [0.2, 0.25) is 5.91 Å². The van der Waals surface area contributed by atoms with Crippen LogP contribution in [0.4, 0.5) is 0 Å². The maximum absolute atomic E-state index is 12.3. The summed E-state index contributed by atoms with van der Waals surface area (Å²) in [5.41, 5.74) is 0.565. The Morgan fingerprint density at radius 2 is 1.68 bits per heavy atom. The first-order valence-corrected chi connectivity index (χ1v) is 8.26. The van der Waals surface area contributed by atoms with Gasteiger partial charge in [-0.25, -0.2) is 0 Å². The number of rotatable bonds is 2. The van der Waals surface area contributed by atoms with Crippen LogP contribution in [0, 0.1) is 11.3 Å². The summed E-state index contributed by atoms with van der Waals surface area (Å²) in [6.07, 6.45) is 11.2. The summed E-state index contributed by atoms with van der Waals surface area (Å²) in [5, 5.41) is 3.46. The summed E-state index contributed by atoms with van der Waals surface area (Å²) in [4.78, 5) is 14.5. The lowest BCUT2D eigenvalue weighted by Crippen LogP contribution is -2.47. The Kier molecular flexibility index (Phi) is 4.11. The van der Waals surface area contributed by atoms with Gasteiger partial charge in [0, 0.05) is 19.5 Å². The van der Waals surface area contributed by atoms with E-state index in [1.807, 2.05) is 0 Å². The highest BCUT2D eigenvalue weighted by Crippen LogP contribution is 2.39. The molecule has 3 nitrogen and oxygen atoms in total. The molecule has 1 spiro atoms. The van der Waals surface area contributed by atoms with Gasteiger partial charge in [0.15, 0.2) is 0 Å². The van der Waals surface area contributed by atoms with Crippen molar-refractivity contribution in [2.24, 2.45) is 11.3 Å². The monoisotopic (exact) mass is 264 g/mol. The van der Waals surface area contributed by atoms with E-state index in [1.54, 1.807) is 0 Å².